The minimum atomic E-state index is -0.431. The number of methoxy groups -OCH3 is 1. The van der Waals surface area contributed by atoms with E-state index in [-0.39, 0.29) is 5.57 Å². The van der Waals surface area contributed by atoms with E-state index in [2.05, 4.69) is 27.9 Å². The Labute approximate surface area is 142 Å². The summed E-state index contributed by atoms with van der Waals surface area (Å²) in [5, 5.41) is 11.9. The number of ether oxygens (including phenoxy) is 1. The van der Waals surface area contributed by atoms with Gasteiger partial charge in [0.1, 0.15) is 17.4 Å². The molecule has 0 unspecified atom stereocenters. The van der Waals surface area contributed by atoms with Gasteiger partial charge in [0, 0.05) is 9.26 Å². The van der Waals surface area contributed by atoms with Gasteiger partial charge in [0.05, 0.1) is 7.11 Å². The zero-order valence-electron chi connectivity index (χ0n) is 11.8. The summed E-state index contributed by atoms with van der Waals surface area (Å²) in [4.78, 5) is 12.1. The van der Waals surface area contributed by atoms with Crippen molar-refractivity contribution in [2.24, 2.45) is 0 Å². The maximum Gasteiger partial charge on any atom is 0.266 e. The third kappa shape index (κ3) is 4.33. The van der Waals surface area contributed by atoms with Gasteiger partial charge in [-0.3, -0.25) is 4.79 Å². The third-order valence-corrected chi connectivity index (χ3v) is 3.61. The van der Waals surface area contributed by atoms with Crippen molar-refractivity contribution in [1.82, 2.24) is 0 Å². The topological polar surface area (TPSA) is 62.1 Å². The minimum Gasteiger partial charge on any atom is -0.497 e. The number of hydrogen-bond donors (Lipinski definition) is 1. The molecule has 2 aromatic carbocycles. The average Bonchev–Trinajstić information content (AvgIpc) is 2.55. The van der Waals surface area contributed by atoms with E-state index < -0.39 is 5.91 Å². The fourth-order valence-corrected chi connectivity index (χ4v) is 2.11. The number of carbonyl (C=O) groups excluding carboxylic acids is 1. The van der Waals surface area contributed by atoms with Gasteiger partial charge < -0.3 is 10.1 Å². The van der Waals surface area contributed by atoms with E-state index in [4.69, 9.17) is 4.74 Å². The zero-order valence-corrected chi connectivity index (χ0v) is 14.0. The normalized spacial score (nSPS) is 10.7. The molecule has 0 bridgehead atoms. The average molecular weight is 404 g/mol. The molecule has 0 aliphatic heterocycles. The first-order valence-corrected chi connectivity index (χ1v) is 7.53. The van der Waals surface area contributed by atoms with Gasteiger partial charge in [-0.1, -0.05) is 12.1 Å². The van der Waals surface area contributed by atoms with Crippen LogP contribution in [0.4, 0.5) is 5.69 Å². The molecule has 2 rings (SSSR count). The standard InChI is InChI=1S/C17H13IN2O2/c1-22-16-8-2-12(3-9-16)10-13(11-19)17(21)20-15-6-4-14(18)5-7-15/h2-10H,1H3,(H,20,21)/b13-10-. The first-order chi connectivity index (χ1) is 10.6. The first-order valence-electron chi connectivity index (χ1n) is 6.45. The molecule has 1 N–H and O–H groups in total. The van der Waals surface area contributed by atoms with Crippen LogP contribution in [0.25, 0.3) is 6.08 Å². The molecule has 0 saturated carbocycles. The predicted octanol–water partition coefficient (Wildman–Crippen LogP) is 3.85. The van der Waals surface area contributed by atoms with E-state index in [1.54, 1.807) is 49.6 Å². The molecule has 0 aliphatic carbocycles. The van der Waals surface area contributed by atoms with Crippen molar-refractivity contribution >= 4 is 40.3 Å². The number of amides is 1. The molecular weight excluding hydrogens is 391 g/mol. The van der Waals surface area contributed by atoms with Crippen LogP contribution in [0.15, 0.2) is 54.1 Å². The van der Waals surface area contributed by atoms with Crippen LogP contribution in [-0.4, -0.2) is 13.0 Å². The van der Waals surface area contributed by atoms with Crippen LogP contribution >= 0.6 is 22.6 Å². The Morgan fingerprint density at radius 1 is 1.18 bits per heavy atom. The summed E-state index contributed by atoms with van der Waals surface area (Å²) in [5.74, 6) is 0.290. The molecule has 0 spiro atoms. The van der Waals surface area contributed by atoms with Crippen LogP contribution < -0.4 is 10.1 Å². The van der Waals surface area contributed by atoms with Gasteiger partial charge in [-0.15, -0.1) is 0 Å². The van der Waals surface area contributed by atoms with E-state index in [1.165, 1.54) is 0 Å². The van der Waals surface area contributed by atoms with Gasteiger partial charge in [-0.2, -0.15) is 5.26 Å². The summed E-state index contributed by atoms with van der Waals surface area (Å²) in [5.41, 5.74) is 1.46. The Morgan fingerprint density at radius 2 is 1.82 bits per heavy atom. The lowest BCUT2D eigenvalue weighted by Gasteiger charge is -2.04. The smallest absolute Gasteiger partial charge is 0.266 e. The molecule has 0 aromatic heterocycles. The van der Waals surface area contributed by atoms with Gasteiger partial charge in [0.25, 0.3) is 5.91 Å². The van der Waals surface area contributed by atoms with Gasteiger partial charge in [-0.05, 0) is 70.6 Å². The van der Waals surface area contributed by atoms with E-state index in [0.29, 0.717) is 5.69 Å². The van der Waals surface area contributed by atoms with Gasteiger partial charge in [-0.25, -0.2) is 0 Å². The van der Waals surface area contributed by atoms with Crippen LogP contribution in [-0.2, 0) is 4.79 Å². The van der Waals surface area contributed by atoms with Crippen molar-refractivity contribution in [3.8, 4) is 11.8 Å². The number of anilines is 1. The fraction of sp³-hybridized carbons (Fsp3) is 0.0588. The molecule has 0 radical (unpaired) electrons. The number of rotatable bonds is 4. The highest BCUT2D eigenvalue weighted by Crippen LogP contribution is 2.16. The third-order valence-electron chi connectivity index (χ3n) is 2.89. The highest BCUT2D eigenvalue weighted by Gasteiger charge is 2.09. The second kappa shape index (κ2) is 7.61. The summed E-state index contributed by atoms with van der Waals surface area (Å²) in [6.07, 6.45) is 1.54. The number of halogens is 1. The lowest BCUT2D eigenvalue weighted by molar-refractivity contribution is -0.112. The van der Waals surface area contributed by atoms with Crippen molar-refractivity contribution in [1.29, 1.82) is 5.26 Å². The van der Waals surface area contributed by atoms with Gasteiger partial charge in [0.2, 0.25) is 0 Å². The Hall–Kier alpha value is -2.33. The van der Waals surface area contributed by atoms with Gasteiger partial charge >= 0.3 is 0 Å². The van der Waals surface area contributed by atoms with Gasteiger partial charge in [0.15, 0.2) is 0 Å². The van der Waals surface area contributed by atoms with E-state index in [9.17, 15) is 10.1 Å². The molecule has 0 heterocycles. The number of benzene rings is 2. The van der Waals surface area contributed by atoms with Crippen LogP contribution in [0, 0.1) is 14.9 Å². The number of hydrogen-bond acceptors (Lipinski definition) is 3. The molecule has 110 valence electrons. The van der Waals surface area contributed by atoms with Crippen molar-refractivity contribution in [2.45, 2.75) is 0 Å². The van der Waals surface area contributed by atoms with Crippen LogP contribution in [0.5, 0.6) is 5.75 Å². The highest BCUT2D eigenvalue weighted by atomic mass is 127. The SMILES string of the molecule is COc1ccc(/C=C(/C#N)C(=O)Nc2ccc(I)cc2)cc1. The Balaban J connectivity index is 2.15. The highest BCUT2D eigenvalue weighted by molar-refractivity contribution is 14.1. The maximum atomic E-state index is 12.1. The van der Waals surface area contributed by atoms with E-state index in [1.807, 2.05) is 18.2 Å². The monoisotopic (exact) mass is 404 g/mol. The molecule has 0 saturated heterocycles. The van der Waals surface area contributed by atoms with Crippen molar-refractivity contribution in [3.05, 3.63) is 63.2 Å². The molecule has 0 atom stereocenters. The van der Waals surface area contributed by atoms with E-state index >= 15 is 0 Å². The molecular formula is C17H13IN2O2. The molecule has 5 heteroatoms. The number of nitrogens with zero attached hydrogens (tertiary/aromatic N) is 1. The summed E-state index contributed by atoms with van der Waals surface area (Å²) in [6.45, 7) is 0. The Bertz CT molecular complexity index is 729. The van der Waals surface area contributed by atoms with Crippen LogP contribution in [0.1, 0.15) is 5.56 Å². The molecule has 0 fully saturated rings. The first kappa shape index (κ1) is 16.0. The summed E-state index contributed by atoms with van der Waals surface area (Å²) >= 11 is 2.19. The quantitative estimate of drug-likeness (QED) is 0.479. The largest absolute Gasteiger partial charge is 0.497 e. The number of carbonyl (C=O) groups is 1. The predicted molar refractivity (Wildman–Crippen MR) is 94.4 cm³/mol. The lowest BCUT2D eigenvalue weighted by atomic mass is 10.1. The Kier molecular flexibility index (Phi) is 5.55. The second-order valence-corrected chi connectivity index (χ2v) is 5.65. The molecule has 2 aromatic rings. The fourth-order valence-electron chi connectivity index (χ4n) is 1.75. The molecule has 0 aliphatic rings. The number of nitriles is 1. The second-order valence-electron chi connectivity index (χ2n) is 4.40. The zero-order chi connectivity index (χ0) is 15.9. The molecule has 4 nitrogen and oxygen atoms in total. The Morgan fingerprint density at radius 3 is 2.36 bits per heavy atom. The van der Waals surface area contributed by atoms with Crippen molar-refractivity contribution in [3.63, 3.8) is 0 Å². The summed E-state index contributed by atoms with van der Waals surface area (Å²) in [7, 11) is 1.58. The van der Waals surface area contributed by atoms with Crippen molar-refractivity contribution < 1.29 is 9.53 Å². The lowest BCUT2D eigenvalue weighted by Crippen LogP contribution is -2.13. The summed E-state index contributed by atoms with van der Waals surface area (Å²) < 4.78 is 6.14. The maximum absolute atomic E-state index is 12.1. The minimum absolute atomic E-state index is 0.0451. The van der Waals surface area contributed by atoms with Crippen LogP contribution in [0.3, 0.4) is 0 Å². The van der Waals surface area contributed by atoms with Crippen molar-refractivity contribution in [2.75, 3.05) is 12.4 Å². The van der Waals surface area contributed by atoms with E-state index in [0.717, 1.165) is 14.9 Å². The van der Waals surface area contributed by atoms with Crippen LogP contribution in [0.2, 0.25) is 0 Å². The molecule has 22 heavy (non-hydrogen) atoms. The summed E-state index contributed by atoms with van der Waals surface area (Å²) in [6, 6.07) is 16.4. The molecule has 1 amide bonds. The number of nitrogens with one attached hydrogen (secondary N) is 1.